The average molecular weight is 271 g/mol. The van der Waals surface area contributed by atoms with Crippen LogP contribution in [0.3, 0.4) is 0 Å². The second-order valence-corrected chi connectivity index (χ2v) is 10.8. The zero-order chi connectivity index (χ0) is 13.9. The van der Waals surface area contributed by atoms with E-state index in [9.17, 15) is 0 Å². The Kier molecular flexibility index (Phi) is 10.5. The minimum absolute atomic E-state index is 1.01. The lowest BCUT2D eigenvalue weighted by atomic mass is 10.1. The van der Waals surface area contributed by atoms with Gasteiger partial charge in [0, 0.05) is 6.42 Å². The Labute approximate surface area is 116 Å². The fourth-order valence-corrected chi connectivity index (χ4v) is 3.08. The summed E-state index contributed by atoms with van der Waals surface area (Å²) in [5.74, 6) is 1.01. The normalized spacial score (nSPS) is 11.6. The molecule has 1 nitrogen and oxygen atoms in total. The summed E-state index contributed by atoms with van der Waals surface area (Å²) in [6.45, 7) is 12.9. The summed E-state index contributed by atoms with van der Waals surface area (Å²) in [4.78, 5) is 0. The molecule has 2 heteroatoms. The van der Waals surface area contributed by atoms with Crippen LogP contribution in [0.15, 0.2) is 12.3 Å². The van der Waals surface area contributed by atoms with E-state index in [-0.39, 0.29) is 0 Å². The monoisotopic (exact) mass is 270 g/mol. The van der Waals surface area contributed by atoms with Crippen molar-refractivity contribution in [2.45, 2.75) is 90.8 Å². The number of hydrogen-bond acceptors (Lipinski definition) is 1. The summed E-state index contributed by atoms with van der Waals surface area (Å²) >= 11 is 0. The highest BCUT2D eigenvalue weighted by atomic mass is 28.4. The Hall–Kier alpha value is -0.243. The maximum Gasteiger partial charge on any atom is 0.241 e. The summed E-state index contributed by atoms with van der Waals surface area (Å²) in [6.07, 6.45) is 13.5. The third kappa shape index (κ3) is 13.8. The Morgan fingerprint density at radius 3 is 1.72 bits per heavy atom. The van der Waals surface area contributed by atoms with E-state index in [2.05, 4.69) is 33.1 Å². The van der Waals surface area contributed by atoms with Gasteiger partial charge in [0.15, 0.2) is 0 Å². The van der Waals surface area contributed by atoms with Gasteiger partial charge in [-0.05, 0) is 26.1 Å². The van der Waals surface area contributed by atoms with Crippen molar-refractivity contribution in [3.8, 4) is 0 Å². The quantitative estimate of drug-likeness (QED) is 0.230. The molecule has 108 valence electrons. The smallest absolute Gasteiger partial charge is 0.241 e. The Morgan fingerprint density at radius 1 is 0.833 bits per heavy atom. The van der Waals surface area contributed by atoms with Crippen molar-refractivity contribution in [2.24, 2.45) is 0 Å². The van der Waals surface area contributed by atoms with Gasteiger partial charge >= 0.3 is 0 Å². The number of allylic oxidation sites excluding steroid dienone is 1. The lowest BCUT2D eigenvalue weighted by Crippen LogP contribution is -2.24. The zero-order valence-electron chi connectivity index (χ0n) is 13.2. The summed E-state index contributed by atoms with van der Waals surface area (Å²) in [5.41, 5.74) is 0. The van der Waals surface area contributed by atoms with Gasteiger partial charge in [-0.25, -0.2) is 0 Å². The lowest BCUT2D eigenvalue weighted by molar-refractivity contribution is 0.394. The van der Waals surface area contributed by atoms with Gasteiger partial charge in [-0.1, -0.05) is 64.9 Å². The van der Waals surface area contributed by atoms with E-state index in [0.29, 0.717) is 0 Å². The molecule has 0 saturated heterocycles. The van der Waals surface area contributed by atoms with Crippen LogP contribution in [0.5, 0.6) is 0 Å². The molecule has 0 aromatic heterocycles. The van der Waals surface area contributed by atoms with E-state index in [1.165, 1.54) is 57.8 Å². The largest absolute Gasteiger partial charge is 0.548 e. The lowest BCUT2D eigenvalue weighted by Gasteiger charge is -2.20. The van der Waals surface area contributed by atoms with Crippen LogP contribution in [0.1, 0.15) is 71.1 Å². The fraction of sp³-hybridized carbons (Fsp3) is 0.875. The van der Waals surface area contributed by atoms with Crippen LogP contribution in [0.4, 0.5) is 0 Å². The number of rotatable bonds is 12. The SMILES string of the molecule is C=C(CCCCCCCCCCC)O[Si](C)(C)C. The maximum absolute atomic E-state index is 5.85. The van der Waals surface area contributed by atoms with Crippen molar-refractivity contribution in [2.75, 3.05) is 0 Å². The van der Waals surface area contributed by atoms with Gasteiger partial charge in [-0.15, -0.1) is 0 Å². The first-order valence-corrected chi connectivity index (χ1v) is 11.2. The Balaban J connectivity index is 3.23. The van der Waals surface area contributed by atoms with Gasteiger partial charge in [-0.3, -0.25) is 0 Å². The third-order valence-electron chi connectivity index (χ3n) is 3.01. The van der Waals surface area contributed by atoms with Crippen LogP contribution in [0.2, 0.25) is 19.6 Å². The van der Waals surface area contributed by atoms with E-state index in [1.807, 2.05) is 0 Å². The van der Waals surface area contributed by atoms with Gasteiger partial charge < -0.3 is 4.43 Å². The van der Waals surface area contributed by atoms with Crippen LogP contribution in [-0.2, 0) is 4.43 Å². The van der Waals surface area contributed by atoms with Crippen molar-refractivity contribution in [3.63, 3.8) is 0 Å². The van der Waals surface area contributed by atoms with Crippen molar-refractivity contribution in [3.05, 3.63) is 12.3 Å². The summed E-state index contributed by atoms with van der Waals surface area (Å²) < 4.78 is 5.85. The molecule has 0 atom stereocenters. The van der Waals surface area contributed by atoms with Gasteiger partial charge in [0.05, 0.1) is 5.76 Å². The molecule has 0 aliphatic heterocycles. The molecule has 0 saturated carbocycles. The van der Waals surface area contributed by atoms with Crippen molar-refractivity contribution in [1.82, 2.24) is 0 Å². The van der Waals surface area contributed by atoms with Crippen molar-refractivity contribution < 1.29 is 4.43 Å². The minimum Gasteiger partial charge on any atom is -0.548 e. The van der Waals surface area contributed by atoms with E-state index < -0.39 is 8.32 Å². The molecule has 0 unspecified atom stereocenters. The highest BCUT2D eigenvalue weighted by Gasteiger charge is 2.16. The van der Waals surface area contributed by atoms with Gasteiger partial charge in [0.2, 0.25) is 8.32 Å². The molecule has 0 spiro atoms. The van der Waals surface area contributed by atoms with E-state index in [4.69, 9.17) is 4.43 Å². The molecule has 0 aromatic rings. The van der Waals surface area contributed by atoms with E-state index >= 15 is 0 Å². The molecule has 0 aliphatic rings. The molecule has 0 rings (SSSR count). The molecule has 18 heavy (non-hydrogen) atoms. The van der Waals surface area contributed by atoms with Crippen molar-refractivity contribution >= 4 is 8.32 Å². The predicted molar refractivity (Wildman–Crippen MR) is 85.4 cm³/mol. The van der Waals surface area contributed by atoms with E-state index in [0.717, 1.165) is 12.2 Å². The summed E-state index contributed by atoms with van der Waals surface area (Å²) in [7, 11) is -1.41. The first kappa shape index (κ1) is 17.8. The van der Waals surface area contributed by atoms with Gasteiger partial charge in [0.25, 0.3) is 0 Å². The van der Waals surface area contributed by atoms with Crippen LogP contribution >= 0.6 is 0 Å². The molecule has 0 bridgehead atoms. The molecule has 0 aromatic carbocycles. The molecule has 0 amide bonds. The third-order valence-corrected chi connectivity index (χ3v) is 3.91. The Bertz CT molecular complexity index is 206. The minimum atomic E-state index is -1.41. The van der Waals surface area contributed by atoms with Gasteiger partial charge in [-0.2, -0.15) is 0 Å². The predicted octanol–water partition coefficient (Wildman–Crippen LogP) is 6.27. The first-order chi connectivity index (χ1) is 8.45. The molecular formula is C16H34OSi. The second kappa shape index (κ2) is 10.7. The molecule has 0 radical (unpaired) electrons. The number of hydrogen-bond donors (Lipinski definition) is 0. The first-order valence-electron chi connectivity index (χ1n) is 7.82. The van der Waals surface area contributed by atoms with Crippen LogP contribution in [-0.4, -0.2) is 8.32 Å². The summed E-state index contributed by atoms with van der Waals surface area (Å²) in [5, 5.41) is 0. The molecule has 0 aliphatic carbocycles. The maximum atomic E-state index is 5.85. The van der Waals surface area contributed by atoms with Crippen molar-refractivity contribution in [1.29, 1.82) is 0 Å². The second-order valence-electron chi connectivity index (χ2n) is 6.33. The summed E-state index contributed by atoms with van der Waals surface area (Å²) in [6, 6.07) is 0. The standard InChI is InChI=1S/C16H34OSi/c1-6-7-8-9-10-11-12-13-14-15-16(2)17-18(3,4)5/h2,6-15H2,1,3-5H3. The number of unbranched alkanes of at least 4 members (excludes halogenated alkanes) is 8. The topological polar surface area (TPSA) is 9.23 Å². The fourth-order valence-electron chi connectivity index (χ4n) is 2.12. The van der Waals surface area contributed by atoms with Crippen LogP contribution in [0, 0.1) is 0 Å². The molecule has 0 heterocycles. The average Bonchev–Trinajstić information content (AvgIpc) is 2.24. The molecule has 0 N–H and O–H groups in total. The molecule has 0 fully saturated rings. The Morgan fingerprint density at radius 2 is 1.28 bits per heavy atom. The molecular weight excluding hydrogens is 236 g/mol. The van der Waals surface area contributed by atoms with Gasteiger partial charge in [0.1, 0.15) is 0 Å². The highest BCUT2D eigenvalue weighted by molar-refractivity contribution is 6.70. The van der Waals surface area contributed by atoms with Crippen LogP contribution in [0.25, 0.3) is 0 Å². The van der Waals surface area contributed by atoms with E-state index in [1.54, 1.807) is 0 Å². The zero-order valence-corrected chi connectivity index (χ0v) is 14.2. The van der Waals surface area contributed by atoms with Crippen LogP contribution < -0.4 is 0 Å². The highest BCUT2D eigenvalue weighted by Crippen LogP contribution is 2.16.